The zero-order chi connectivity index (χ0) is 30.6. The minimum Gasteiger partial charge on any atom is -0.397 e. The molecule has 0 unspecified atom stereocenters. The Labute approximate surface area is 253 Å². The lowest BCUT2D eigenvalue weighted by molar-refractivity contribution is -0.252. The number of nitrogens with one attached hydrogen (secondary N) is 2. The molecule has 9 nitrogen and oxygen atoms in total. The molecule has 43 heavy (non-hydrogen) atoms. The number of hydrogen-bond donors (Lipinski definition) is 4. The van der Waals surface area contributed by atoms with Gasteiger partial charge in [0.25, 0.3) is 0 Å². The number of amides is 2. The molecule has 2 amide bonds. The molecular weight excluding hydrogens is 544 g/mol. The summed E-state index contributed by atoms with van der Waals surface area (Å²) in [4.78, 5) is 26.7. The van der Waals surface area contributed by atoms with Crippen LogP contribution in [0.3, 0.4) is 0 Å². The van der Waals surface area contributed by atoms with Gasteiger partial charge in [-0.15, -0.1) is 6.58 Å². The van der Waals surface area contributed by atoms with Gasteiger partial charge in [-0.2, -0.15) is 0 Å². The summed E-state index contributed by atoms with van der Waals surface area (Å²) in [6.45, 7) is 5.72. The molecule has 0 radical (unpaired) electrons. The van der Waals surface area contributed by atoms with Crippen LogP contribution in [0.2, 0.25) is 0 Å². The highest BCUT2D eigenvalue weighted by molar-refractivity contribution is 5.93. The molecule has 9 heteroatoms. The number of hydrogen-bond acceptors (Lipinski definition) is 7. The van der Waals surface area contributed by atoms with Crippen LogP contribution in [0.25, 0.3) is 0 Å². The van der Waals surface area contributed by atoms with E-state index in [1.807, 2.05) is 61.7 Å². The van der Waals surface area contributed by atoms with Crippen molar-refractivity contribution in [1.29, 1.82) is 0 Å². The number of rotatable bonds is 14. The quantitative estimate of drug-likeness (QED) is 0.157. The number of para-hydroxylation sites is 2. The number of benzene rings is 3. The Morgan fingerprint density at radius 3 is 2.35 bits per heavy atom. The van der Waals surface area contributed by atoms with Crippen LogP contribution in [-0.2, 0) is 32.2 Å². The fraction of sp³-hybridized carbons (Fsp3) is 0.353. The number of carbonyl (C=O) groups excluding carboxylic acids is 2. The maximum Gasteiger partial charge on any atom is 0.224 e. The fourth-order valence-electron chi connectivity index (χ4n) is 4.99. The van der Waals surface area contributed by atoms with Gasteiger partial charge in [-0.1, -0.05) is 66.7 Å². The van der Waals surface area contributed by atoms with E-state index < -0.39 is 6.29 Å². The van der Waals surface area contributed by atoms with Crippen molar-refractivity contribution in [2.75, 3.05) is 31.2 Å². The molecule has 1 aliphatic heterocycles. The molecule has 0 spiro atoms. The Morgan fingerprint density at radius 1 is 0.977 bits per heavy atom. The van der Waals surface area contributed by atoms with Crippen LogP contribution in [0.1, 0.15) is 60.3 Å². The minimum absolute atomic E-state index is 0.00115. The van der Waals surface area contributed by atoms with Gasteiger partial charge in [0.05, 0.1) is 30.2 Å². The van der Waals surface area contributed by atoms with Crippen molar-refractivity contribution in [3.63, 3.8) is 0 Å². The van der Waals surface area contributed by atoms with E-state index in [0.717, 1.165) is 35.3 Å². The second-order valence-corrected chi connectivity index (χ2v) is 10.9. The molecule has 3 atom stereocenters. The number of nitrogen functional groups attached to an aromatic ring is 1. The summed E-state index contributed by atoms with van der Waals surface area (Å²) in [5.74, 6) is -0.288. The standard InChI is InChI=1S/C34H42N4O5/c1-3-19-38(2)22-28-20-31(26-15-13-25(23-39)14-16-26)43-34(42-28)27-17-11-24(12-18-27)21-36-32(40)9-6-10-33(41)37-30-8-5-4-7-29(30)35/h3-5,7-8,11-18,28,31,34,39H,1,6,9-10,19-23,35H2,2H3,(H,36,40)(H,37,41)/t28-,31+,34+/m1/s1. The van der Waals surface area contributed by atoms with E-state index in [-0.39, 0.29) is 43.5 Å². The molecule has 1 aliphatic rings. The predicted octanol–water partition coefficient (Wildman–Crippen LogP) is 4.85. The van der Waals surface area contributed by atoms with Crippen LogP contribution < -0.4 is 16.4 Å². The average Bonchev–Trinajstić information content (AvgIpc) is 3.01. The first kappa shape index (κ1) is 31.9. The number of aliphatic hydroxyl groups is 1. The Kier molecular flexibility index (Phi) is 11.9. The second-order valence-electron chi connectivity index (χ2n) is 10.9. The fourth-order valence-corrected chi connectivity index (χ4v) is 4.99. The van der Waals surface area contributed by atoms with Gasteiger partial charge in [0.2, 0.25) is 11.8 Å². The summed E-state index contributed by atoms with van der Waals surface area (Å²) in [6, 6.07) is 22.8. The lowest BCUT2D eigenvalue weighted by atomic mass is 9.99. The predicted molar refractivity (Wildman–Crippen MR) is 168 cm³/mol. The van der Waals surface area contributed by atoms with Crippen LogP contribution in [-0.4, -0.2) is 48.1 Å². The summed E-state index contributed by atoms with van der Waals surface area (Å²) >= 11 is 0. The molecule has 5 N–H and O–H groups in total. The third-order valence-electron chi connectivity index (χ3n) is 7.36. The summed E-state index contributed by atoms with van der Waals surface area (Å²) in [5, 5.41) is 15.1. The first-order valence-corrected chi connectivity index (χ1v) is 14.6. The van der Waals surface area contributed by atoms with E-state index in [1.165, 1.54) is 0 Å². The molecule has 0 aromatic heterocycles. The number of carbonyl (C=O) groups is 2. The third-order valence-corrected chi connectivity index (χ3v) is 7.36. The summed E-state index contributed by atoms with van der Waals surface area (Å²) in [5.41, 5.74) is 10.7. The monoisotopic (exact) mass is 586 g/mol. The van der Waals surface area contributed by atoms with Gasteiger partial charge in [-0.25, -0.2) is 0 Å². The van der Waals surface area contributed by atoms with Crippen molar-refractivity contribution in [2.24, 2.45) is 0 Å². The van der Waals surface area contributed by atoms with Crippen LogP contribution in [0.15, 0.2) is 85.5 Å². The van der Waals surface area contributed by atoms with Gasteiger partial charge in [0, 0.05) is 44.5 Å². The van der Waals surface area contributed by atoms with Gasteiger partial charge in [0.1, 0.15) is 0 Å². The second kappa shape index (κ2) is 16.0. The smallest absolute Gasteiger partial charge is 0.224 e. The molecule has 3 aromatic carbocycles. The van der Waals surface area contributed by atoms with Crippen LogP contribution >= 0.6 is 0 Å². The van der Waals surface area contributed by atoms with Crippen molar-refractivity contribution in [2.45, 2.75) is 57.3 Å². The topological polar surface area (TPSA) is 126 Å². The van der Waals surface area contributed by atoms with Gasteiger partial charge >= 0.3 is 0 Å². The first-order chi connectivity index (χ1) is 20.8. The van der Waals surface area contributed by atoms with Crippen LogP contribution in [0.5, 0.6) is 0 Å². The summed E-state index contributed by atoms with van der Waals surface area (Å²) in [6.07, 6.45) is 2.77. The number of aliphatic hydroxyl groups excluding tert-OH is 1. The van der Waals surface area contributed by atoms with Crippen molar-refractivity contribution in [3.05, 3.63) is 108 Å². The first-order valence-electron chi connectivity index (χ1n) is 14.6. The maximum absolute atomic E-state index is 12.4. The molecule has 1 saturated heterocycles. The number of ether oxygens (including phenoxy) is 2. The lowest BCUT2D eigenvalue weighted by Crippen LogP contribution is -2.37. The normalized spacial score (nSPS) is 18.3. The van der Waals surface area contributed by atoms with E-state index in [1.54, 1.807) is 24.3 Å². The van der Waals surface area contributed by atoms with E-state index in [4.69, 9.17) is 15.2 Å². The van der Waals surface area contributed by atoms with E-state index in [0.29, 0.717) is 30.8 Å². The summed E-state index contributed by atoms with van der Waals surface area (Å²) < 4.78 is 12.8. The van der Waals surface area contributed by atoms with Crippen molar-refractivity contribution < 1.29 is 24.2 Å². The number of likely N-dealkylation sites (N-methyl/N-ethyl adjacent to an activating group) is 1. The number of anilines is 2. The summed E-state index contributed by atoms with van der Waals surface area (Å²) in [7, 11) is 2.04. The highest BCUT2D eigenvalue weighted by Crippen LogP contribution is 2.38. The lowest BCUT2D eigenvalue weighted by Gasteiger charge is -2.37. The highest BCUT2D eigenvalue weighted by atomic mass is 16.7. The van der Waals surface area contributed by atoms with Crippen molar-refractivity contribution in [3.8, 4) is 0 Å². The molecule has 1 fully saturated rings. The number of nitrogens with zero attached hydrogens (tertiary/aromatic N) is 1. The number of nitrogens with two attached hydrogens (primary N) is 1. The maximum atomic E-state index is 12.4. The molecule has 0 saturated carbocycles. The molecule has 0 bridgehead atoms. The van der Waals surface area contributed by atoms with Gasteiger partial charge in [-0.3, -0.25) is 9.59 Å². The van der Waals surface area contributed by atoms with Crippen LogP contribution in [0.4, 0.5) is 11.4 Å². The van der Waals surface area contributed by atoms with Crippen molar-refractivity contribution in [1.82, 2.24) is 10.2 Å². The average molecular weight is 587 g/mol. The van der Waals surface area contributed by atoms with Crippen LogP contribution in [0, 0.1) is 0 Å². The zero-order valence-corrected chi connectivity index (χ0v) is 24.7. The minimum atomic E-state index is -0.542. The Hall–Kier alpha value is -4.02. The molecule has 3 aromatic rings. The SMILES string of the molecule is C=CCN(C)C[C@H]1C[C@@H](c2ccc(CO)cc2)O[C@@H](c2ccc(CNC(=O)CCCC(=O)Nc3ccccc3N)cc2)O1. The molecular formula is C34H42N4O5. The van der Waals surface area contributed by atoms with Gasteiger partial charge < -0.3 is 35.8 Å². The third kappa shape index (κ3) is 9.76. The Balaban J connectivity index is 1.28. The zero-order valence-electron chi connectivity index (χ0n) is 24.7. The van der Waals surface area contributed by atoms with E-state index >= 15 is 0 Å². The highest BCUT2D eigenvalue weighted by Gasteiger charge is 2.32. The Bertz CT molecular complexity index is 1350. The van der Waals surface area contributed by atoms with Gasteiger partial charge in [0.15, 0.2) is 6.29 Å². The van der Waals surface area contributed by atoms with E-state index in [2.05, 4.69) is 22.1 Å². The molecule has 1 heterocycles. The molecule has 4 rings (SSSR count). The van der Waals surface area contributed by atoms with E-state index in [9.17, 15) is 14.7 Å². The van der Waals surface area contributed by atoms with Gasteiger partial charge in [-0.05, 0) is 42.3 Å². The largest absolute Gasteiger partial charge is 0.397 e. The molecule has 228 valence electrons. The molecule has 0 aliphatic carbocycles. The van der Waals surface area contributed by atoms with Crippen molar-refractivity contribution >= 4 is 23.2 Å². The Morgan fingerprint density at radius 2 is 1.65 bits per heavy atom.